The van der Waals surface area contributed by atoms with Crippen molar-refractivity contribution >= 4 is 17.8 Å². The van der Waals surface area contributed by atoms with Crippen LogP contribution in [0, 0.1) is 0 Å². The van der Waals surface area contributed by atoms with E-state index in [0.29, 0.717) is 33.7 Å². The molecular weight excluding hydrogens is 763 g/mol. The first-order valence-electron chi connectivity index (χ1n) is 20.5. The fourth-order valence-electron chi connectivity index (χ4n) is 8.74. The SMILES string of the molecule is OB(c1ccccc1-c1nnn(C(c2ccccc2)(c2ccccc2)c2ccccc2)n1)c1ccccc1-c1nnn(C(c2ccccc2)(c2ccccc2)c2ccccc2)n1. The van der Waals surface area contributed by atoms with Crippen molar-refractivity contribution in [3.8, 4) is 22.8 Å². The molecule has 9 nitrogen and oxygen atoms in total. The van der Waals surface area contributed by atoms with Crippen molar-refractivity contribution in [3.63, 3.8) is 0 Å². The second kappa shape index (κ2) is 16.5. The Balaban J connectivity index is 1.08. The zero-order valence-electron chi connectivity index (χ0n) is 33.5. The molecule has 0 aliphatic carbocycles. The van der Waals surface area contributed by atoms with E-state index in [0.717, 1.165) is 33.4 Å². The molecule has 296 valence electrons. The van der Waals surface area contributed by atoms with Crippen molar-refractivity contribution in [1.82, 2.24) is 40.4 Å². The Kier molecular flexibility index (Phi) is 10.2. The molecular formula is C52H39BN8O. The first kappa shape index (κ1) is 38.1. The van der Waals surface area contributed by atoms with Gasteiger partial charge in [-0.2, -0.15) is 0 Å². The molecule has 62 heavy (non-hydrogen) atoms. The van der Waals surface area contributed by atoms with Crippen LogP contribution >= 0.6 is 0 Å². The quantitative estimate of drug-likeness (QED) is 0.0994. The molecule has 2 heterocycles. The van der Waals surface area contributed by atoms with Crippen LogP contribution in [-0.4, -0.2) is 52.4 Å². The Morgan fingerprint density at radius 1 is 0.323 bits per heavy atom. The van der Waals surface area contributed by atoms with Crippen molar-refractivity contribution in [2.75, 3.05) is 0 Å². The van der Waals surface area contributed by atoms with E-state index in [-0.39, 0.29) is 0 Å². The van der Waals surface area contributed by atoms with Gasteiger partial charge in [0.1, 0.15) is 0 Å². The summed E-state index contributed by atoms with van der Waals surface area (Å²) in [5.41, 5.74) is 6.39. The van der Waals surface area contributed by atoms with Gasteiger partial charge in [0.2, 0.25) is 11.6 Å². The van der Waals surface area contributed by atoms with Crippen LogP contribution in [-0.2, 0) is 11.1 Å². The van der Waals surface area contributed by atoms with E-state index in [1.807, 2.05) is 158 Å². The molecule has 0 fully saturated rings. The van der Waals surface area contributed by atoms with E-state index in [9.17, 15) is 5.02 Å². The van der Waals surface area contributed by atoms with Gasteiger partial charge in [-0.05, 0) is 54.7 Å². The number of benzene rings is 8. The molecule has 0 amide bonds. The highest BCUT2D eigenvalue weighted by atomic mass is 16.2. The maximum Gasteiger partial charge on any atom is 0.360 e. The third-order valence-electron chi connectivity index (χ3n) is 11.6. The minimum Gasteiger partial charge on any atom is -0.443 e. The Labute approximate surface area is 359 Å². The molecule has 0 spiro atoms. The molecule has 0 aliphatic rings. The molecule has 0 aliphatic heterocycles. The second-order valence-electron chi connectivity index (χ2n) is 15.0. The summed E-state index contributed by atoms with van der Waals surface area (Å²) in [7, 11) is 0. The summed E-state index contributed by atoms with van der Waals surface area (Å²) in [5.74, 6) is 0.735. The van der Waals surface area contributed by atoms with Crippen molar-refractivity contribution < 1.29 is 5.02 Å². The zero-order chi connectivity index (χ0) is 41.8. The standard InChI is InChI=1S/C52H39BN8O/c62-53(47-37-21-19-35-45(47)49-54-58-60(56-49)51(39-23-7-1-8-24-39,40-25-9-2-10-26-40)41-27-11-3-12-28-41)48-38-22-20-36-46(48)50-55-59-61(57-50)52(42-29-13-4-14-30-42,43-31-15-5-16-32-43)44-33-17-6-18-34-44/h1-38,62H. The van der Waals surface area contributed by atoms with Crippen LogP contribution in [0.25, 0.3) is 22.8 Å². The van der Waals surface area contributed by atoms with Gasteiger partial charge in [-0.3, -0.25) is 0 Å². The van der Waals surface area contributed by atoms with Crippen LogP contribution in [0.4, 0.5) is 0 Å². The van der Waals surface area contributed by atoms with Crippen molar-refractivity contribution in [1.29, 1.82) is 0 Å². The minimum atomic E-state index is -1.12. The lowest BCUT2D eigenvalue weighted by Crippen LogP contribution is -2.44. The number of hydrogen-bond donors (Lipinski definition) is 1. The van der Waals surface area contributed by atoms with Crippen molar-refractivity contribution in [2.45, 2.75) is 11.1 Å². The van der Waals surface area contributed by atoms with Gasteiger partial charge in [0.15, 0.2) is 11.1 Å². The highest BCUT2D eigenvalue weighted by molar-refractivity contribution is 6.81. The van der Waals surface area contributed by atoms with E-state index in [1.54, 1.807) is 9.59 Å². The van der Waals surface area contributed by atoms with E-state index in [1.165, 1.54) is 0 Å². The van der Waals surface area contributed by atoms with Crippen LogP contribution in [0.2, 0.25) is 0 Å². The van der Waals surface area contributed by atoms with Gasteiger partial charge in [-0.25, -0.2) is 0 Å². The first-order valence-corrected chi connectivity index (χ1v) is 20.5. The predicted molar refractivity (Wildman–Crippen MR) is 243 cm³/mol. The summed E-state index contributed by atoms with van der Waals surface area (Å²) in [5, 5.41) is 41.8. The van der Waals surface area contributed by atoms with E-state index in [2.05, 4.69) is 72.8 Å². The normalized spacial score (nSPS) is 11.6. The molecule has 0 saturated carbocycles. The Bertz CT molecular complexity index is 2640. The maximum absolute atomic E-state index is 12.5. The van der Waals surface area contributed by atoms with Gasteiger partial charge in [-0.1, -0.05) is 231 Å². The zero-order valence-corrected chi connectivity index (χ0v) is 33.5. The third kappa shape index (κ3) is 6.50. The lowest BCUT2D eigenvalue weighted by atomic mass is 9.53. The van der Waals surface area contributed by atoms with Crippen LogP contribution in [0.1, 0.15) is 33.4 Å². The van der Waals surface area contributed by atoms with Gasteiger partial charge >= 0.3 is 6.92 Å². The van der Waals surface area contributed by atoms with Crippen molar-refractivity contribution in [3.05, 3.63) is 264 Å². The molecule has 0 unspecified atom stereocenters. The summed E-state index contributed by atoms with van der Waals surface area (Å²) in [6, 6.07) is 76.6. The average molecular weight is 803 g/mol. The predicted octanol–water partition coefficient (Wildman–Crippen LogP) is 7.77. The molecule has 0 saturated heterocycles. The molecule has 10 aromatic rings. The summed E-state index contributed by atoms with van der Waals surface area (Å²) in [6.45, 7) is -1.12. The molecule has 10 heteroatoms. The van der Waals surface area contributed by atoms with E-state index >= 15 is 0 Å². The van der Waals surface area contributed by atoms with E-state index in [4.69, 9.17) is 30.8 Å². The lowest BCUT2D eigenvalue weighted by molar-refractivity contribution is 0.396. The monoisotopic (exact) mass is 802 g/mol. The largest absolute Gasteiger partial charge is 0.443 e. The number of nitrogens with zero attached hydrogens (tertiary/aromatic N) is 8. The van der Waals surface area contributed by atoms with Gasteiger partial charge in [-0.15, -0.1) is 30.0 Å². The molecule has 2 aromatic heterocycles. The van der Waals surface area contributed by atoms with Crippen LogP contribution < -0.4 is 10.9 Å². The highest BCUT2D eigenvalue weighted by Gasteiger charge is 2.43. The summed E-state index contributed by atoms with van der Waals surface area (Å²) < 4.78 is 0. The van der Waals surface area contributed by atoms with Gasteiger partial charge < -0.3 is 5.02 Å². The molecule has 1 N–H and O–H groups in total. The molecule has 0 bridgehead atoms. The maximum atomic E-state index is 12.5. The van der Waals surface area contributed by atoms with Gasteiger partial charge in [0.05, 0.1) is 0 Å². The fraction of sp³-hybridized carbons (Fsp3) is 0.0385. The van der Waals surface area contributed by atoms with Crippen LogP contribution in [0.3, 0.4) is 0 Å². The van der Waals surface area contributed by atoms with E-state index < -0.39 is 18.0 Å². The Hall–Kier alpha value is -8.08. The van der Waals surface area contributed by atoms with Gasteiger partial charge in [0.25, 0.3) is 0 Å². The topological polar surface area (TPSA) is 107 Å². The number of hydrogen-bond acceptors (Lipinski definition) is 7. The summed E-state index contributed by atoms with van der Waals surface area (Å²) >= 11 is 0. The molecule has 8 aromatic carbocycles. The fourth-order valence-corrected chi connectivity index (χ4v) is 8.74. The Morgan fingerprint density at radius 2 is 0.565 bits per heavy atom. The van der Waals surface area contributed by atoms with Crippen molar-refractivity contribution in [2.24, 2.45) is 0 Å². The van der Waals surface area contributed by atoms with Crippen LogP contribution in [0.15, 0.2) is 231 Å². The number of aromatic nitrogens is 8. The summed E-state index contributed by atoms with van der Waals surface area (Å²) in [4.78, 5) is 3.39. The van der Waals surface area contributed by atoms with Crippen LogP contribution in [0.5, 0.6) is 0 Å². The molecule has 10 rings (SSSR count). The lowest BCUT2D eigenvalue weighted by Gasteiger charge is -2.34. The minimum absolute atomic E-state index is 0.367. The number of rotatable bonds is 12. The Morgan fingerprint density at radius 3 is 0.839 bits per heavy atom. The van der Waals surface area contributed by atoms with Gasteiger partial charge in [0, 0.05) is 11.1 Å². The molecule has 0 atom stereocenters. The highest BCUT2D eigenvalue weighted by Crippen LogP contribution is 2.41. The third-order valence-corrected chi connectivity index (χ3v) is 11.6. The average Bonchev–Trinajstić information content (AvgIpc) is 4.06. The number of tetrazole rings is 2. The smallest absolute Gasteiger partial charge is 0.360 e. The first-order chi connectivity index (χ1) is 30.7. The summed E-state index contributed by atoms with van der Waals surface area (Å²) in [6.07, 6.45) is 0. The second-order valence-corrected chi connectivity index (χ2v) is 15.0. The molecule has 0 radical (unpaired) electrons.